The predicted octanol–water partition coefficient (Wildman–Crippen LogP) is 5.14. The molecule has 0 fully saturated rings. The number of fused-ring (bicyclic) bond motifs is 1. The maximum Gasteiger partial charge on any atom is 0.256 e. The van der Waals surface area contributed by atoms with Crippen molar-refractivity contribution in [3.63, 3.8) is 0 Å². The summed E-state index contributed by atoms with van der Waals surface area (Å²) in [6.07, 6.45) is 7.33. The molecule has 6 heteroatoms. The lowest BCUT2D eigenvalue weighted by Crippen LogP contribution is -2.03. The van der Waals surface area contributed by atoms with Crippen molar-refractivity contribution in [2.24, 2.45) is 0 Å². The molecule has 1 amide bonds. The molecule has 0 atom stereocenters. The molecule has 0 aliphatic carbocycles. The maximum absolute atomic E-state index is 12.6. The minimum Gasteiger partial charge on any atom is -0.321 e. The van der Waals surface area contributed by atoms with Crippen molar-refractivity contribution in [3.05, 3.63) is 101 Å². The first-order valence-electron chi connectivity index (χ1n) is 9.52. The van der Waals surface area contributed by atoms with E-state index in [2.05, 4.69) is 22.4 Å². The lowest BCUT2D eigenvalue weighted by atomic mass is 10.0. The summed E-state index contributed by atoms with van der Waals surface area (Å²) in [5.41, 5.74) is 5.77. The van der Waals surface area contributed by atoms with Crippen LogP contribution in [-0.4, -0.2) is 20.7 Å². The van der Waals surface area contributed by atoms with E-state index in [9.17, 15) is 4.79 Å². The van der Waals surface area contributed by atoms with E-state index >= 15 is 0 Å². The van der Waals surface area contributed by atoms with Crippen molar-refractivity contribution < 1.29 is 4.79 Å². The van der Waals surface area contributed by atoms with Crippen LogP contribution in [0.15, 0.2) is 79.3 Å². The average Bonchev–Trinajstić information content (AvgIpc) is 3.30. The maximum atomic E-state index is 12.6. The molecule has 2 aromatic carbocycles. The number of nitrogens with one attached hydrogen (secondary N) is 1. The highest BCUT2D eigenvalue weighted by molar-refractivity contribution is 6.36. The van der Waals surface area contributed by atoms with Crippen molar-refractivity contribution in [2.45, 2.75) is 6.54 Å². The second kappa shape index (κ2) is 7.61. The molecule has 0 spiro atoms. The highest BCUT2D eigenvalue weighted by atomic mass is 35.5. The van der Waals surface area contributed by atoms with Crippen LogP contribution in [0.5, 0.6) is 0 Å². The van der Waals surface area contributed by atoms with Crippen LogP contribution in [0.25, 0.3) is 22.9 Å². The number of carbonyl (C=O) groups excluding carboxylic acids is 1. The van der Waals surface area contributed by atoms with E-state index in [-0.39, 0.29) is 5.91 Å². The molecule has 1 N–H and O–H groups in total. The van der Waals surface area contributed by atoms with Gasteiger partial charge in [0.1, 0.15) is 5.69 Å². The fraction of sp³-hybridized carbons (Fsp3) is 0.0417. The Morgan fingerprint density at radius 3 is 2.73 bits per heavy atom. The third kappa shape index (κ3) is 3.51. The number of hydrogen-bond acceptors (Lipinski definition) is 3. The zero-order chi connectivity index (χ0) is 20.5. The molecule has 5 rings (SSSR count). The van der Waals surface area contributed by atoms with Crippen molar-refractivity contribution in [2.75, 3.05) is 5.32 Å². The lowest BCUT2D eigenvalue weighted by Gasteiger charge is -2.01. The van der Waals surface area contributed by atoms with Crippen molar-refractivity contribution >= 4 is 34.8 Å². The van der Waals surface area contributed by atoms with Gasteiger partial charge in [-0.25, -0.2) is 0 Å². The Kier molecular flexibility index (Phi) is 4.65. The number of anilines is 1. The molecule has 0 bridgehead atoms. The van der Waals surface area contributed by atoms with Crippen LogP contribution in [0.2, 0.25) is 5.02 Å². The lowest BCUT2D eigenvalue weighted by molar-refractivity contribution is -0.110. The Hall–Kier alpha value is -3.70. The molecule has 0 saturated carbocycles. The fourth-order valence-electron chi connectivity index (χ4n) is 3.58. The van der Waals surface area contributed by atoms with Gasteiger partial charge >= 0.3 is 0 Å². The SMILES string of the molecule is O=C1Nc2ccc(Cl)cc2/C1=C\c1cn(Cc2ccccc2)nc1-c1cccnc1. The smallest absolute Gasteiger partial charge is 0.256 e. The van der Waals surface area contributed by atoms with Gasteiger partial charge in [0, 0.05) is 51.6 Å². The molecule has 30 heavy (non-hydrogen) atoms. The van der Waals surface area contributed by atoms with Crippen LogP contribution in [0.1, 0.15) is 16.7 Å². The van der Waals surface area contributed by atoms with E-state index in [1.54, 1.807) is 24.5 Å². The van der Waals surface area contributed by atoms with Gasteiger partial charge in [0.2, 0.25) is 0 Å². The normalized spacial score (nSPS) is 14.0. The first-order chi connectivity index (χ1) is 14.7. The third-order valence-electron chi connectivity index (χ3n) is 4.98. The number of halogens is 1. The Morgan fingerprint density at radius 1 is 1.07 bits per heavy atom. The van der Waals surface area contributed by atoms with Crippen molar-refractivity contribution in [1.82, 2.24) is 14.8 Å². The highest BCUT2D eigenvalue weighted by Gasteiger charge is 2.25. The highest BCUT2D eigenvalue weighted by Crippen LogP contribution is 2.36. The first-order valence-corrected chi connectivity index (χ1v) is 9.90. The van der Waals surface area contributed by atoms with E-state index in [1.165, 1.54) is 0 Å². The molecule has 1 aliphatic rings. The number of nitrogens with zero attached hydrogens (tertiary/aromatic N) is 3. The van der Waals surface area contributed by atoms with Gasteiger partial charge in [0.25, 0.3) is 5.91 Å². The number of benzene rings is 2. The van der Waals surface area contributed by atoms with E-state index in [4.69, 9.17) is 16.7 Å². The number of aromatic nitrogens is 3. The summed E-state index contributed by atoms with van der Waals surface area (Å²) in [7, 11) is 0. The predicted molar refractivity (Wildman–Crippen MR) is 119 cm³/mol. The molecular weight excluding hydrogens is 396 g/mol. The molecule has 0 radical (unpaired) electrons. The van der Waals surface area contributed by atoms with Crippen LogP contribution < -0.4 is 5.32 Å². The van der Waals surface area contributed by atoms with Gasteiger partial charge in [0.05, 0.1) is 6.54 Å². The summed E-state index contributed by atoms with van der Waals surface area (Å²) in [5, 5.41) is 8.27. The number of pyridine rings is 1. The molecule has 0 unspecified atom stereocenters. The van der Waals surface area contributed by atoms with Gasteiger partial charge in [-0.15, -0.1) is 0 Å². The quantitative estimate of drug-likeness (QED) is 0.472. The number of rotatable bonds is 4. The molecular formula is C24H17ClN4O. The minimum absolute atomic E-state index is 0.153. The zero-order valence-electron chi connectivity index (χ0n) is 15.9. The second-order valence-corrected chi connectivity index (χ2v) is 7.50. The van der Waals surface area contributed by atoms with Gasteiger partial charge in [-0.1, -0.05) is 41.9 Å². The summed E-state index contributed by atoms with van der Waals surface area (Å²) in [4.78, 5) is 16.9. The molecule has 146 valence electrons. The Labute approximate surface area is 178 Å². The number of amides is 1. The van der Waals surface area contributed by atoms with Gasteiger partial charge < -0.3 is 5.32 Å². The van der Waals surface area contributed by atoms with Crippen LogP contribution in [-0.2, 0) is 11.3 Å². The van der Waals surface area contributed by atoms with E-state index < -0.39 is 0 Å². The summed E-state index contributed by atoms with van der Waals surface area (Å²) in [6.45, 7) is 0.631. The monoisotopic (exact) mass is 412 g/mol. The summed E-state index contributed by atoms with van der Waals surface area (Å²) < 4.78 is 1.88. The third-order valence-corrected chi connectivity index (χ3v) is 5.21. The van der Waals surface area contributed by atoms with E-state index in [0.29, 0.717) is 17.1 Å². The van der Waals surface area contributed by atoms with Crippen LogP contribution in [0, 0.1) is 0 Å². The van der Waals surface area contributed by atoms with Gasteiger partial charge in [-0.05, 0) is 42.0 Å². The molecule has 4 aromatic rings. The van der Waals surface area contributed by atoms with Crippen molar-refractivity contribution in [3.8, 4) is 11.3 Å². The van der Waals surface area contributed by atoms with Crippen LogP contribution in [0.4, 0.5) is 5.69 Å². The number of carbonyl (C=O) groups is 1. The molecule has 3 heterocycles. The van der Waals surface area contributed by atoms with Crippen LogP contribution in [0.3, 0.4) is 0 Å². The second-order valence-electron chi connectivity index (χ2n) is 7.06. The van der Waals surface area contributed by atoms with Crippen LogP contribution >= 0.6 is 11.6 Å². The minimum atomic E-state index is -0.153. The van der Waals surface area contributed by atoms with Gasteiger partial charge in [-0.2, -0.15) is 5.10 Å². The summed E-state index contributed by atoms with van der Waals surface area (Å²) in [6, 6.07) is 19.4. The van der Waals surface area contributed by atoms with E-state index in [1.807, 2.05) is 53.4 Å². The Bertz CT molecular complexity index is 1260. The largest absolute Gasteiger partial charge is 0.321 e. The molecule has 0 saturated heterocycles. The summed E-state index contributed by atoms with van der Waals surface area (Å²) >= 11 is 6.17. The fourth-order valence-corrected chi connectivity index (χ4v) is 3.75. The topological polar surface area (TPSA) is 59.8 Å². The number of hydrogen-bond donors (Lipinski definition) is 1. The first kappa shape index (κ1) is 18.3. The van der Waals surface area contributed by atoms with E-state index in [0.717, 1.165) is 33.6 Å². The molecule has 2 aromatic heterocycles. The Morgan fingerprint density at radius 2 is 1.93 bits per heavy atom. The van der Waals surface area contributed by atoms with Gasteiger partial charge in [0.15, 0.2) is 0 Å². The zero-order valence-corrected chi connectivity index (χ0v) is 16.7. The van der Waals surface area contributed by atoms with Gasteiger partial charge in [-0.3, -0.25) is 14.5 Å². The average molecular weight is 413 g/mol. The molecule has 1 aliphatic heterocycles. The standard InChI is InChI=1S/C24H17ClN4O/c25-19-8-9-22-20(12-19)21(24(30)27-22)11-18-15-29(14-16-5-2-1-3-6-16)28-23(18)17-7-4-10-26-13-17/h1-13,15H,14H2,(H,27,30)/b21-11+. The van der Waals surface area contributed by atoms with Crippen molar-refractivity contribution in [1.29, 1.82) is 0 Å². The Balaban J connectivity index is 1.62. The summed E-state index contributed by atoms with van der Waals surface area (Å²) in [5.74, 6) is -0.153. The molecule has 5 nitrogen and oxygen atoms in total.